The molecule has 1 aromatic carbocycles. The summed E-state index contributed by atoms with van der Waals surface area (Å²) in [4.78, 5) is 25.1. The highest BCUT2D eigenvalue weighted by atomic mass is 32.1. The number of carboxylic acids is 1. The van der Waals surface area contributed by atoms with Gasteiger partial charge in [-0.3, -0.25) is 4.79 Å². The summed E-state index contributed by atoms with van der Waals surface area (Å²) in [6.07, 6.45) is 1.81. The van der Waals surface area contributed by atoms with Crippen molar-refractivity contribution in [1.82, 2.24) is 5.32 Å². The Kier molecular flexibility index (Phi) is 10.1. The molecule has 0 saturated heterocycles. The van der Waals surface area contributed by atoms with Gasteiger partial charge in [0.05, 0.1) is 6.61 Å². The quantitative estimate of drug-likeness (QED) is 0.382. The van der Waals surface area contributed by atoms with Crippen LogP contribution in [0.2, 0.25) is 0 Å². The zero-order valence-electron chi connectivity index (χ0n) is 15.8. The fourth-order valence-corrected chi connectivity index (χ4v) is 2.45. The number of carbonyl (C=O) groups is 2. The van der Waals surface area contributed by atoms with Crippen LogP contribution in [0.1, 0.15) is 31.7 Å². The maximum Gasteiger partial charge on any atom is 0.326 e. The average Bonchev–Trinajstić information content (AvgIpc) is 2.62. The zero-order chi connectivity index (χ0) is 19.5. The van der Waals surface area contributed by atoms with Crippen molar-refractivity contribution in [2.75, 3.05) is 31.4 Å². The Labute approximate surface area is 161 Å². The molecule has 1 aromatic rings. The molecule has 0 aliphatic heterocycles. The van der Waals surface area contributed by atoms with E-state index in [2.05, 4.69) is 17.9 Å². The van der Waals surface area contributed by atoms with Gasteiger partial charge >= 0.3 is 5.97 Å². The second-order valence-electron chi connectivity index (χ2n) is 6.59. The molecule has 0 fully saturated rings. The molecule has 146 valence electrons. The van der Waals surface area contributed by atoms with Crippen LogP contribution in [-0.4, -0.2) is 49.5 Å². The fourth-order valence-electron chi connectivity index (χ4n) is 2.29. The maximum atomic E-state index is 11.8. The van der Waals surface area contributed by atoms with E-state index in [-0.39, 0.29) is 11.8 Å². The van der Waals surface area contributed by atoms with Crippen molar-refractivity contribution in [3.63, 3.8) is 0 Å². The van der Waals surface area contributed by atoms with Gasteiger partial charge in [-0.15, -0.1) is 0 Å². The predicted octanol–water partition coefficient (Wildman–Crippen LogP) is 2.57. The molecule has 7 heteroatoms. The first kappa shape index (κ1) is 22.3. The average molecular weight is 383 g/mol. The molecule has 2 atom stereocenters. The summed E-state index contributed by atoms with van der Waals surface area (Å²) in [7, 11) is 3.99. The lowest BCUT2D eigenvalue weighted by Crippen LogP contribution is -2.43. The van der Waals surface area contributed by atoms with Crippen LogP contribution in [0.25, 0.3) is 0 Å². The molecule has 0 radical (unpaired) electrons. The number of hydrogen-bond acceptors (Lipinski definition) is 5. The molecule has 26 heavy (non-hydrogen) atoms. The van der Waals surface area contributed by atoms with Crippen LogP contribution in [0.15, 0.2) is 24.3 Å². The lowest BCUT2D eigenvalue weighted by Gasteiger charge is -2.17. The Morgan fingerprint density at radius 1 is 1.23 bits per heavy atom. The monoisotopic (exact) mass is 382 g/mol. The van der Waals surface area contributed by atoms with Gasteiger partial charge in [0, 0.05) is 38.1 Å². The van der Waals surface area contributed by atoms with Gasteiger partial charge in [0.25, 0.3) is 0 Å². The first-order chi connectivity index (χ1) is 12.3. The number of aliphatic carboxylic acids is 1. The highest BCUT2D eigenvalue weighted by molar-refractivity contribution is 7.80. The van der Waals surface area contributed by atoms with Crippen LogP contribution >= 0.6 is 12.6 Å². The lowest BCUT2D eigenvalue weighted by atomic mass is 10.1. The second-order valence-corrected chi connectivity index (χ2v) is 6.96. The third kappa shape index (κ3) is 8.10. The van der Waals surface area contributed by atoms with Crippen LogP contribution in [0, 0.1) is 5.92 Å². The minimum absolute atomic E-state index is 0.273. The minimum atomic E-state index is -1.01. The summed E-state index contributed by atoms with van der Waals surface area (Å²) in [6, 6.07) is 7.31. The maximum absolute atomic E-state index is 11.8. The van der Waals surface area contributed by atoms with E-state index in [1.807, 2.05) is 43.3 Å². The van der Waals surface area contributed by atoms with Crippen molar-refractivity contribution in [2.24, 2.45) is 5.92 Å². The van der Waals surface area contributed by atoms with Crippen molar-refractivity contribution in [2.45, 2.75) is 38.8 Å². The Balaban J connectivity index is 2.25. The van der Waals surface area contributed by atoms with Gasteiger partial charge in [-0.1, -0.05) is 19.1 Å². The van der Waals surface area contributed by atoms with Gasteiger partial charge in [-0.2, -0.15) is 12.6 Å². The Morgan fingerprint density at radius 2 is 1.88 bits per heavy atom. The van der Waals surface area contributed by atoms with Crippen molar-refractivity contribution in [3.05, 3.63) is 29.8 Å². The largest absolute Gasteiger partial charge is 0.480 e. The standard InChI is InChI=1S/C19H30N2O4S/c1-14(13-26)18(22)20-17(19(23)24)6-4-5-11-25-12-15-7-9-16(10-8-15)21(2)3/h7-10,14,17,26H,4-6,11-13H2,1-3H3,(H,20,22)(H,23,24)/t14-,17?/m1/s1. The highest BCUT2D eigenvalue weighted by Gasteiger charge is 2.21. The topological polar surface area (TPSA) is 78.9 Å². The number of rotatable bonds is 12. The van der Waals surface area contributed by atoms with Crippen LogP contribution in [0.3, 0.4) is 0 Å². The number of carbonyl (C=O) groups excluding carboxylic acids is 1. The van der Waals surface area contributed by atoms with Crippen molar-refractivity contribution in [3.8, 4) is 0 Å². The molecule has 0 spiro atoms. The molecule has 0 bridgehead atoms. The molecule has 0 aliphatic rings. The van der Waals surface area contributed by atoms with E-state index >= 15 is 0 Å². The fraction of sp³-hybridized carbons (Fsp3) is 0.579. The van der Waals surface area contributed by atoms with Crippen molar-refractivity contribution < 1.29 is 19.4 Å². The summed E-state index contributed by atoms with van der Waals surface area (Å²) >= 11 is 4.06. The van der Waals surface area contributed by atoms with E-state index in [1.54, 1.807) is 6.92 Å². The van der Waals surface area contributed by atoms with E-state index in [4.69, 9.17) is 4.74 Å². The molecule has 1 amide bonds. The summed E-state index contributed by atoms with van der Waals surface area (Å²) in [5.41, 5.74) is 2.25. The number of unbranched alkanes of at least 4 members (excludes halogenated alkanes) is 1. The van der Waals surface area contributed by atoms with Gasteiger partial charge in [-0.05, 0) is 37.0 Å². The summed E-state index contributed by atoms with van der Waals surface area (Å²) in [5.74, 6) is -1.19. The zero-order valence-corrected chi connectivity index (χ0v) is 16.7. The molecule has 1 rings (SSSR count). The molecule has 0 heterocycles. The van der Waals surface area contributed by atoms with Crippen LogP contribution in [-0.2, 0) is 20.9 Å². The van der Waals surface area contributed by atoms with E-state index in [1.165, 1.54) is 0 Å². The second kappa shape index (κ2) is 11.8. The summed E-state index contributed by atoms with van der Waals surface area (Å²) < 4.78 is 5.64. The lowest BCUT2D eigenvalue weighted by molar-refractivity contribution is -0.142. The van der Waals surface area contributed by atoms with E-state index in [0.717, 1.165) is 17.7 Å². The molecule has 1 unspecified atom stereocenters. The number of ether oxygens (including phenoxy) is 1. The van der Waals surface area contributed by atoms with Crippen LogP contribution in [0.5, 0.6) is 0 Å². The molecule has 0 aliphatic carbocycles. The van der Waals surface area contributed by atoms with E-state index in [0.29, 0.717) is 31.8 Å². The Morgan fingerprint density at radius 3 is 2.42 bits per heavy atom. The molecule has 0 aromatic heterocycles. The normalized spacial score (nSPS) is 13.1. The van der Waals surface area contributed by atoms with Crippen LogP contribution in [0.4, 0.5) is 5.69 Å². The minimum Gasteiger partial charge on any atom is -0.480 e. The molecule has 0 saturated carbocycles. The number of anilines is 1. The summed E-state index contributed by atoms with van der Waals surface area (Å²) in [5, 5.41) is 11.8. The van der Waals surface area contributed by atoms with Gasteiger partial charge in [0.2, 0.25) is 5.91 Å². The van der Waals surface area contributed by atoms with Gasteiger partial charge < -0.3 is 20.1 Å². The Hall–Kier alpha value is -1.73. The number of carboxylic acid groups (broad SMARTS) is 1. The van der Waals surface area contributed by atoms with Gasteiger partial charge in [-0.25, -0.2) is 4.79 Å². The number of thiol groups is 1. The third-order valence-corrected chi connectivity index (χ3v) is 4.64. The third-order valence-electron chi connectivity index (χ3n) is 4.09. The van der Waals surface area contributed by atoms with Crippen molar-refractivity contribution in [1.29, 1.82) is 0 Å². The number of hydrogen-bond donors (Lipinski definition) is 3. The van der Waals surface area contributed by atoms with Crippen LogP contribution < -0.4 is 10.2 Å². The number of benzene rings is 1. The Bertz CT molecular complexity index is 563. The SMILES string of the molecule is C[C@H](CS)C(=O)NC(CCCCOCc1ccc(N(C)C)cc1)C(=O)O. The molecular weight excluding hydrogens is 352 g/mol. The van der Waals surface area contributed by atoms with E-state index < -0.39 is 12.0 Å². The van der Waals surface area contributed by atoms with Gasteiger partial charge in [0.1, 0.15) is 6.04 Å². The first-order valence-electron chi connectivity index (χ1n) is 8.83. The molecular formula is C19H30N2O4S. The first-order valence-corrected chi connectivity index (χ1v) is 9.46. The van der Waals surface area contributed by atoms with Crippen molar-refractivity contribution >= 4 is 30.2 Å². The predicted molar refractivity (Wildman–Crippen MR) is 107 cm³/mol. The van der Waals surface area contributed by atoms with E-state index in [9.17, 15) is 14.7 Å². The number of amides is 1. The highest BCUT2D eigenvalue weighted by Crippen LogP contribution is 2.13. The smallest absolute Gasteiger partial charge is 0.326 e. The number of nitrogens with one attached hydrogen (secondary N) is 1. The van der Waals surface area contributed by atoms with Gasteiger partial charge in [0.15, 0.2) is 0 Å². The molecule has 6 nitrogen and oxygen atoms in total. The number of nitrogens with zero attached hydrogens (tertiary/aromatic N) is 1. The summed E-state index contributed by atoms with van der Waals surface area (Å²) in [6.45, 7) is 2.81. The molecule has 2 N–H and O–H groups in total.